The van der Waals surface area contributed by atoms with Crippen molar-refractivity contribution in [3.8, 4) is 0 Å². The van der Waals surface area contributed by atoms with Gasteiger partial charge >= 0.3 is 0 Å². The van der Waals surface area contributed by atoms with E-state index in [4.69, 9.17) is 4.74 Å². The van der Waals surface area contributed by atoms with E-state index in [2.05, 4.69) is 25.9 Å². The van der Waals surface area contributed by atoms with E-state index in [1.54, 1.807) is 24.3 Å². The number of hydrogen-bond donors (Lipinski definition) is 0. The molecule has 0 radical (unpaired) electrons. The number of morpholine rings is 1. The predicted octanol–water partition coefficient (Wildman–Crippen LogP) is 2.00. The van der Waals surface area contributed by atoms with Crippen LogP contribution in [0.4, 0.5) is 5.82 Å². The predicted molar refractivity (Wildman–Crippen MR) is 78.9 cm³/mol. The van der Waals surface area contributed by atoms with Gasteiger partial charge in [-0.1, -0.05) is 6.07 Å². The van der Waals surface area contributed by atoms with Gasteiger partial charge in [0.2, 0.25) is 0 Å². The maximum Gasteiger partial charge on any atom is 0.133 e. The topological polar surface area (TPSA) is 51.1 Å². The van der Waals surface area contributed by atoms with E-state index in [0.717, 1.165) is 42.9 Å². The van der Waals surface area contributed by atoms with E-state index < -0.39 is 0 Å². The highest BCUT2D eigenvalue weighted by molar-refractivity contribution is 7.98. The van der Waals surface area contributed by atoms with E-state index in [0.29, 0.717) is 0 Å². The molecule has 0 spiro atoms. The first-order valence-corrected chi connectivity index (χ1v) is 7.57. The molecule has 0 N–H and O–H groups in total. The van der Waals surface area contributed by atoms with Crippen molar-refractivity contribution >= 4 is 17.6 Å². The Bertz CT molecular complexity index is 546. The minimum absolute atomic E-state index is 0.766. The van der Waals surface area contributed by atoms with Crippen LogP contribution >= 0.6 is 11.8 Å². The summed E-state index contributed by atoms with van der Waals surface area (Å²) in [6.45, 7) is 3.32. The van der Waals surface area contributed by atoms with Crippen molar-refractivity contribution in [2.24, 2.45) is 0 Å². The molecule has 1 fully saturated rings. The quantitative estimate of drug-likeness (QED) is 0.633. The zero-order valence-corrected chi connectivity index (χ0v) is 11.9. The molecule has 1 aliphatic rings. The lowest BCUT2D eigenvalue weighted by Crippen LogP contribution is -2.36. The molecule has 1 aliphatic heterocycles. The maximum atomic E-state index is 5.36. The molecule has 3 rings (SSSR count). The Labute approximate surface area is 122 Å². The lowest BCUT2D eigenvalue weighted by Gasteiger charge is -2.27. The molecule has 20 heavy (non-hydrogen) atoms. The summed E-state index contributed by atoms with van der Waals surface area (Å²) < 4.78 is 5.36. The summed E-state index contributed by atoms with van der Waals surface area (Å²) in [6.07, 6.45) is 5.31. The van der Waals surface area contributed by atoms with Crippen LogP contribution in [0.2, 0.25) is 0 Å². The standard InChI is InChI=1S/C14H16N4OS/c1-2-12(9-15-3-1)10-20-14-8-13(16-11-17-14)18-4-6-19-7-5-18/h1-3,8-9,11H,4-7,10H2. The van der Waals surface area contributed by atoms with Gasteiger partial charge in [-0.25, -0.2) is 9.97 Å². The van der Waals surface area contributed by atoms with Crippen molar-refractivity contribution in [3.63, 3.8) is 0 Å². The fourth-order valence-electron chi connectivity index (χ4n) is 2.02. The molecule has 2 aromatic rings. The van der Waals surface area contributed by atoms with Crippen molar-refractivity contribution in [2.45, 2.75) is 10.8 Å². The molecule has 0 aliphatic carbocycles. The van der Waals surface area contributed by atoms with Crippen molar-refractivity contribution in [1.29, 1.82) is 0 Å². The zero-order chi connectivity index (χ0) is 13.6. The van der Waals surface area contributed by atoms with Crippen molar-refractivity contribution in [2.75, 3.05) is 31.2 Å². The van der Waals surface area contributed by atoms with Gasteiger partial charge in [-0.3, -0.25) is 4.98 Å². The smallest absolute Gasteiger partial charge is 0.133 e. The number of rotatable bonds is 4. The van der Waals surface area contributed by atoms with Gasteiger partial charge in [-0.2, -0.15) is 0 Å². The molecular formula is C14H16N4OS. The van der Waals surface area contributed by atoms with Crippen LogP contribution in [0, 0.1) is 0 Å². The number of nitrogens with zero attached hydrogens (tertiary/aromatic N) is 4. The van der Waals surface area contributed by atoms with E-state index >= 15 is 0 Å². The zero-order valence-electron chi connectivity index (χ0n) is 11.1. The van der Waals surface area contributed by atoms with Crippen LogP contribution < -0.4 is 4.90 Å². The van der Waals surface area contributed by atoms with E-state index in [-0.39, 0.29) is 0 Å². The second-order valence-corrected chi connectivity index (χ2v) is 5.46. The largest absolute Gasteiger partial charge is 0.378 e. The summed E-state index contributed by atoms with van der Waals surface area (Å²) in [7, 11) is 0. The number of aromatic nitrogens is 3. The molecule has 0 bridgehead atoms. The lowest BCUT2D eigenvalue weighted by molar-refractivity contribution is 0.122. The molecular weight excluding hydrogens is 272 g/mol. The van der Waals surface area contributed by atoms with E-state index in [1.165, 1.54) is 5.56 Å². The number of ether oxygens (including phenoxy) is 1. The van der Waals surface area contributed by atoms with Crippen molar-refractivity contribution in [3.05, 3.63) is 42.5 Å². The SMILES string of the molecule is c1cncc(CSc2cc(N3CCOCC3)ncn2)c1. The molecule has 0 atom stereocenters. The Morgan fingerprint density at radius 3 is 2.95 bits per heavy atom. The van der Waals surface area contributed by atoms with Gasteiger partial charge in [0.1, 0.15) is 17.2 Å². The molecule has 6 heteroatoms. The van der Waals surface area contributed by atoms with Gasteiger partial charge in [0, 0.05) is 37.3 Å². The summed E-state index contributed by atoms with van der Waals surface area (Å²) in [4.78, 5) is 15.0. The minimum atomic E-state index is 0.766. The van der Waals surface area contributed by atoms with Crippen LogP contribution in [0.3, 0.4) is 0 Å². The van der Waals surface area contributed by atoms with Gasteiger partial charge < -0.3 is 9.64 Å². The molecule has 0 aromatic carbocycles. The number of pyridine rings is 1. The lowest BCUT2D eigenvalue weighted by atomic mass is 10.3. The third-order valence-corrected chi connectivity index (χ3v) is 4.07. The summed E-state index contributed by atoms with van der Waals surface area (Å²) in [6, 6.07) is 6.07. The minimum Gasteiger partial charge on any atom is -0.378 e. The van der Waals surface area contributed by atoms with Crippen LogP contribution in [-0.4, -0.2) is 41.3 Å². The van der Waals surface area contributed by atoms with Crippen molar-refractivity contribution < 1.29 is 4.74 Å². The molecule has 104 valence electrons. The second kappa shape index (κ2) is 6.67. The Hall–Kier alpha value is -1.66. The Morgan fingerprint density at radius 2 is 2.15 bits per heavy atom. The van der Waals surface area contributed by atoms with E-state index in [1.807, 2.05) is 18.3 Å². The van der Waals surface area contributed by atoms with Crippen LogP contribution in [0.1, 0.15) is 5.56 Å². The molecule has 1 saturated heterocycles. The number of anilines is 1. The average Bonchev–Trinajstić information content (AvgIpc) is 2.55. The summed E-state index contributed by atoms with van der Waals surface area (Å²) >= 11 is 1.70. The highest BCUT2D eigenvalue weighted by atomic mass is 32.2. The molecule has 0 unspecified atom stereocenters. The number of thioether (sulfide) groups is 1. The first-order valence-electron chi connectivity index (χ1n) is 6.58. The monoisotopic (exact) mass is 288 g/mol. The van der Waals surface area contributed by atoms with Gasteiger partial charge in [0.15, 0.2) is 0 Å². The Balaban J connectivity index is 1.65. The first kappa shape index (κ1) is 13.3. The molecule has 0 amide bonds. The van der Waals surface area contributed by atoms with Crippen molar-refractivity contribution in [1.82, 2.24) is 15.0 Å². The first-order chi connectivity index (χ1) is 9.92. The number of hydrogen-bond acceptors (Lipinski definition) is 6. The van der Waals surface area contributed by atoms with Crippen LogP contribution in [0.25, 0.3) is 0 Å². The average molecular weight is 288 g/mol. The van der Waals surface area contributed by atoms with E-state index in [9.17, 15) is 0 Å². The third-order valence-electron chi connectivity index (χ3n) is 3.07. The summed E-state index contributed by atoms with van der Waals surface area (Å²) in [5.74, 6) is 1.85. The van der Waals surface area contributed by atoms with Crippen LogP contribution in [-0.2, 0) is 10.5 Å². The second-order valence-electron chi connectivity index (χ2n) is 4.46. The fraction of sp³-hybridized carbons (Fsp3) is 0.357. The summed E-state index contributed by atoms with van der Waals surface area (Å²) in [5, 5.41) is 0.991. The molecule has 0 saturated carbocycles. The van der Waals surface area contributed by atoms with Gasteiger partial charge in [-0.15, -0.1) is 11.8 Å². The van der Waals surface area contributed by atoms with Gasteiger partial charge in [0.25, 0.3) is 0 Å². The normalized spacial score (nSPS) is 15.3. The highest BCUT2D eigenvalue weighted by Crippen LogP contribution is 2.23. The molecule has 5 nitrogen and oxygen atoms in total. The Kier molecular flexibility index (Phi) is 4.45. The Morgan fingerprint density at radius 1 is 1.25 bits per heavy atom. The molecule has 3 heterocycles. The summed E-state index contributed by atoms with van der Waals surface area (Å²) in [5.41, 5.74) is 1.20. The third kappa shape index (κ3) is 3.46. The van der Waals surface area contributed by atoms with Gasteiger partial charge in [0.05, 0.1) is 13.2 Å². The van der Waals surface area contributed by atoms with Gasteiger partial charge in [-0.05, 0) is 11.6 Å². The highest BCUT2D eigenvalue weighted by Gasteiger charge is 2.13. The van der Waals surface area contributed by atoms with Crippen LogP contribution in [0.5, 0.6) is 0 Å². The maximum absolute atomic E-state index is 5.36. The fourth-order valence-corrected chi connectivity index (χ4v) is 2.81. The molecule has 2 aromatic heterocycles. The van der Waals surface area contributed by atoms with Crippen LogP contribution in [0.15, 0.2) is 41.9 Å².